The van der Waals surface area contributed by atoms with E-state index in [0.717, 1.165) is 27.2 Å². The van der Waals surface area contributed by atoms with Gasteiger partial charge in [0.15, 0.2) is 11.0 Å². The number of carbonyl (C=O) groups is 1. The summed E-state index contributed by atoms with van der Waals surface area (Å²) in [6.45, 7) is 4.25. The van der Waals surface area contributed by atoms with E-state index in [9.17, 15) is 9.18 Å². The van der Waals surface area contributed by atoms with Gasteiger partial charge in [0.05, 0.1) is 11.4 Å². The van der Waals surface area contributed by atoms with E-state index in [1.807, 2.05) is 33.0 Å². The molecule has 4 heterocycles. The molecule has 6 rings (SSSR count). The van der Waals surface area contributed by atoms with Gasteiger partial charge in [0.1, 0.15) is 16.5 Å². The number of nitrogens with zero attached hydrogens (tertiary/aromatic N) is 7. The van der Waals surface area contributed by atoms with Crippen molar-refractivity contribution in [2.75, 3.05) is 31.1 Å². The lowest BCUT2D eigenvalue weighted by molar-refractivity contribution is 0.0741. The Bertz CT molecular complexity index is 1610. The summed E-state index contributed by atoms with van der Waals surface area (Å²) in [5.41, 5.74) is 4.08. The summed E-state index contributed by atoms with van der Waals surface area (Å²) >= 11 is 2.99. The zero-order valence-corrected chi connectivity index (χ0v) is 23.4. The molecule has 0 N–H and O–H groups in total. The van der Waals surface area contributed by atoms with Crippen LogP contribution in [-0.4, -0.2) is 61.7 Å². The van der Waals surface area contributed by atoms with E-state index in [1.165, 1.54) is 34.7 Å². The Labute approximate surface area is 239 Å². The van der Waals surface area contributed by atoms with Gasteiger partial charge in [-0.1, -0.05) is 41.6 Å². The molecular formula is C29H26FN7OS2. The number of rotatable bonds is 7. The minimum absolute atomic E-state index is 0.0940. The Kier molecular flexibility index (Phi) is 7.56. The fraction of sp³-hybridized carbons (Fsp3) is 0.207. The molecule has 8 nitrogen and oxygen atoms in total. The van der Waals surface area contributed by atoms with Gasteiger partial charge in [-0.2, -0.15) is 0 Å². The second-order valence-corrected chi connectivity index (χ2v) is 11.2. The van der Waals surface area contributed by atoms with E-state index in [2.05, 4.69) is 51.4 Å². The summed E-state index contributed by atoms with van der Waals surface area (Å²) in [5.74, 6) is 0.955. The van der Waals surface area contributed by atoms with Crippen molar-refractivity contribution in [1.82, 2.24) is 29.6 Å². The zero-order valence-electron chi connectivity index (χ0n) is 21.8. The monoisotopic (exact) mass is 571 g/mol. The maximum absolute atomic E-state index is 14.2. The van der Waals surface area contributed by atoms with Crippen molar-refractivity contribution >= 4 is 34.7 Å². The lowest BCUT2D eigenvalue weighted by Gasteiger charge is -2.35. The molecule has 1 amide bonds. The molecule has 0 aliphatic carbocycles. The SMILES string of the molecule is Cc1ccc(-n2c(SCc3nc(C(=O)N4CCN(c5ccccc5F)CC4)cs3)nnc2-c2ccncc2)cc1. The van der Waals surface area contributed by atoms with Gasteiger partial charge in [-0.3, -0.25) is 14.3 Å². The average molecular weight is 572 g/mol. The third-order valence-corrected chi connectivity index (χ3v) is 8.69. The lowest BCUT2D eigenvalue weighted by atomic mass is 10.2. The number of aromatic nitrogens is 5. The van der Waals surface area contributed by atoms with Gasteiger partial charge in [-0.05, 0) is 43.3 Å². The largest absolute Gasteiger partial charge is 0.366 e. The molecule has 0 bridgehead atoms. The molecule has 202 valence electrons. The summed E-state index contributed by atoms with van der Waals surface area (Å²) < 4.78 is 16.2. The van der Waals surface area contributed by atoms with E-state index >= 15 is 0 Å². The van der Waals surface area contributed by atoms with Gasteiger partial charge in [0.2, 0.25) is 0 Å². The number of hydrogen-bond donors (Lipinski definition) is 0. The van der Waals surface area contributed by atoms with Gasteiger partial charge >= 0.3 is 0 Å². The molecule has 3 aromatic heterocycles. The molecular weight excluding hydrogens is 545 g/mol. The zero-order chi connectivity index (χ0) is 27.5. The number of anilines is 1. The number of thioether (sulfide) groups is 1. The molecule has 1 saturated heterocycles. The van der Waals surface area contributed by atoms with Crippen molar-refractivity contribution in [3.05, 3.63) is 101 Å². The number of aryl methyl sites for hydroxylation is 1. The first-order valence-electron chi connectivity index (χ1n) is 12.9. The van der Waals surface area contributed by atoms with Crippen LogP contribution in [0.25, 0.3) is 17.1 Å². The van der Waals surface area contributed by atoms with Crippen LogP contribution in [0.3, 0.4) is 0 Å². The molecule has 0 radical (unpaired) electrons. The Hall–Kier alpha value is -4.09. The molecule has 0 spiro atoms. The van der Waals surface area contributed by atoms with Crippen molar-refractivity contribution in [2.45, 2.75) is 17.8 Å². The third-order valence-electron chi connectivity index (χ3n) is 6.72. The molecule has 1 aliphatic rings. The first-order valence-corrected chi connectivity index (χ1v) is 14.7. The average Bonchev–Trinajstić information content (AvgIpc) is 3.65. The van der Waals surface area contributed by atoms with Gasteiger partial charge in [-0.15, -0.1) is 21.5 Å². The highest BCUT2D eigenvalue weighted by molar-refractivity contribution is 7.98. The second-order valence-electron chi connectivity index (χ2n) is 9.36. The quantitative estimate of drug-likeness (QED) is 0.239. The number of thiazole rings is 1. The van der Waals surface area contributed by atoms with Gasteiger partial charge in [-0.25, -0.2) is 9.37 Å². The molecule has 11 heteroatoms. The highest BCUT2D eigenvalue weighted by Gasteiger charge is 2.25. The van der Waals surface area contributed by atoms with Crippen LogP contribution < -0.4 is 4.90 Å². The van der Waals surface area contributed by atoms with Crippen LogP contribution in [0.1, 0.15) is 21.1 Å². The summed E-state index contributed by atoms with van der Waals surface area (Å²) in [4.78, 5) is 25.7. The van der Waals surface area contributed by atoms with Gasteiger partial charge in [0, 0.05) is 55.2 Å². The number of pyridine rings is 1. The number of halogens is 1. The lowest BCUT2D eigenvalue weighted by Crippen LogP contribution is -2.49. The van der Waals surface area contributed by atoms with E-state index in [0.29, 0.717) is 43.3 Å². The van der Waals surface area contributed by atoms with E-state index in [-0.39, 0.29) is 11.7 Å². The summed E-state index contributed by atoms with van der Waals surface area (Å²) in [7, 11) is 0. The topological polar surface area (TPSA) is 80.0 Å². The smallest absolute Gasteiger partial charge is 0.273 e. The van der Waals surface area contributed by atoms with Crippen molar-refractivity contribution in [1.29, 1.82) is 0 Å². The number of para-hydroxylation sites is 1. The Balaban J connectivity index is 1.14. The Morgan fingerprint density at radius 1 is 0.975 bits per heavy atom. The first kappa shape index (κ1) is 26.1. The van der Waals surface area contributed by atoms with Crippen molar-refractivity contribution in [3.63, 3.8) is 0 Å². The van der Waals surface area contributed by atoms with Crippen LogP contribution >= 0.6 is 23.1 Å². The highest BCUT2D eigenvalue weighted by atomic mass is 32.2. The predicted octanol–water partition coefficient (Wildman–Crippen LogP) is 5.49. The fourth-order valence-corrected chi connectivity index (χ4v) is 6.34. The minimum Gasteiger partial charge on any atom is -0.366 e. The standard InChI is InChI=1S/C29H26FN7OS2/c1-20-6-8-22(9-7-20)37-27(21-10-12-31-13-11-21)33-34-29(37)40-19-26-32-24(18-39-26)28(38)36-16-14-35(15-17-36)25-5-3-2-4-23(25)30/h2-13,18H,14-17,19H2,1H3. The molecule has 1 aliphatic heterocycles. The molecule has 1 fully saturated rings. The van der Waals surface area contributed by atoms with E-state index in [4.69, 9.17) is 0 Å². The minimum atomic E-state index is -0.241. The Morgan fingerprint density at radius 2 is 1.73 bits per heavy atom. The molecule has 0 unspecified atom stereocenters. The molecule has 0 atom stereocenters. The van der Waals surface area contributed by atoms with Crippen LogP contribution in [0.4, 0.5) is 10.1 Å². The molecule has 2 aromatic carbocycles. The van der Waals surface area contributed by atoms with Crippen LogP contribution in [0.15, 0.2) is 83.6 Å². The van der Waals surface area contributed by atoms with E-state index < -0.39 is 0 Å². The van der Waals surface area contributed by atoms with Crippen molar-refractivity contribution < 1.29 is 9.18 Å². The van der Waals surface area contributed by atoms with Crippen molar-refractivity contribution in [2.24, 2.45) is 0 Å². The third kappa shape index (κ3) is 5.47. The number of piperazine rings is 1. The molecule has 5 aromatic rings. The Morgan fingerprint density at radius 3 is 2.48 bits per heavy atom. The number of hydrogen-bond acceptors (Lipinski definition) is 8. The van der Waals surface area contributed by atoms with Crippen LogP contribution in [0.5, 0.6) is 0 Å². The van der Waals surface area contributed by atoms with Crippen LogP contribution in [0, 0.1) is 12.7 Å². The summed E-state index contributed by atoms with van der Waals surface area (Å²) in [6, 6.07) is 18.8. The highest BCUT2D eigenvalue weighted by Crippen LogP contribution is 2.30. The first-order chi connectivity index (χ1) is 19.6. The maximum Gasteiger partial charge on any atom is 0.273 e. The van der Waals surface area contributed by atoms with E-state index in [1.54, 1.807) is 29.4 Å². The predicted molar refractivity (Wildman–Crippen MR) is 156 cm³/mol. The fourth-order valence-electron chi connectivity index (χ4n) is 4.60. The number of amides is 1. The summed E-state index contributed by atoms with van der Waals surface area (Å²) in [6.07, 6.45) is 3.48. The van der Waals surface area contributed by atoms with Crippen molar-refractivity contribution in [3.8, 4) is 17.1 Å². The summed E-state index contributed by atoms with van der Waals surface area (Å²) in [5, 5.41) is 12.4. The van der Waals surface area contributed by atoms with Gasteiger partial charge in [0.25, 0.3) is 5.91 Å². The van der Waals surface area contributed by atoms with Crippen LogP contribution in [0.2, 0.25) is 0 Å². The van der Waals surface area contributed by atoms with Crippen LogP contribution in [-0.2, 0) is 5.75 Å². The molecule has 40 heavy (non-hydrogen) atoms. The molecule has 0 saturated carbocycles. The van der Waals surface area contributed by atoms with Gasteiger partial charge < -0.3 is 9.80 Å². The normalized spacial score (nSPS) is 13.6. The number of carbonyl (C=O) groups excluding carboxylic acids is 1. The maximum atomic E-state index is 14.2. The second kappa shape index (κ2) is 11.6. The number of benzene rings is 2.